The van der Waals surface area contributed by atoms with Crippen molar-refractivity contribution in [1.29, 1.82) is 0 Å². The molecular weight excluding hydrogens is 511 g/mol. The number of thioether (sulfide) groups is 1. The zero-order valence-corrected chi connectivity index (χ0v) is 21.1. The second-order valence-corrected chi connectivity index (χ2v) is 9.55. The lowest BCUT2D eigenvalue weighted by molar-refractivity contribution is -0.123. The number of rotatable bonds is 7. The summed E-state index contributed by atoms with van der Waals surface area (Å²) in [5.41, 5.74) is 2.99. The summed E-state index contributed by atoms with van der Waals surface area (Å²) in [6, 6.07) is 13.6. The molecule has 2 aromatic carbocycles. The van der Waals surface area contributed by atoms with Crippen molar-refractivity contribution in [1.82, 2.24) is 9.47 Å². The van der Waals surface area contributed by atoms with Crippen molar-refractivity contribution in [3.8, 4) is 11.4 Å². The highest BCUT2D eigenvalue weighted by atomic mass is 35.5. The molecule has 0 aliphatic carbocycles. The molecule has 1 N–H and O–H groups in total. The number of carbonyl (C=O) groups excluding carboxylic acids is 2. The zero-order valence-electron chi connectivity index (χ0n) is 18.7. The molecule has 7 nitrogen and oxygen atoms in total. The molecule has 0 atom stereocenters. The smallest absolute Gasteiger partial charge is 0.337 e. The molecule has 180 valence electrons. The fraction of sp³-hybridized carbons (Fsp3) is 0.160. The summed E-state index contributed by atoms with van der Waals surface area (Å²) in [6.07, 6.45) is 1.67. The highest BCUT2D eigenvalue weighted by molar-refractivity contribution is 8.18. The number of hydrogen-bond acceptors (Lipinski definition) is 5. The van der Waals surface area contributed by atoms with Gasteiger partial charge in [0.2, 0.25) is 0 Å². The molecule has 0 unspecified atom stereocenters. The van der Waals surface area contributed by atoms with Gasteiger partial charge < -0.3 is 14.4 Å². The summed E-state index contributed by atoms with van der Waals surface area (Å²) < 4.78 is 7.48. The van der Waals surface area contributed by atoms with Gasteiger partial charge in [0.1, 0.15) is 12.4 Å². The number of para-hydroxylation sites is 1. The van der Waals surface area contributed by atoms with E-state index in [2.05, 4.69) is 0 Å². The van der Waals surface area contributed by atoms with Crippen LogP contribution in [0.4, 0.5) is 4.79 Å². The molecule has 10 heteroatoms. The number of carboxylic acid groups (broad SMARTS) is 1. The molecule has 1 aliphatic heterocycles. The number of aromatic carboxylic acids is 1. The molecule has 35 heavy (non-hydrogen) atoms. The average Bonchev–Trinajstić information content (AvgIpc) is 3.24. The van der Waals surface area contributed by atoms with Gasteiger partial charge in [0.05, 0.1) is 27.1 Å². The zero-order chi connectivity index (χ0) is 25.3. The Morgan fingerprint density at radius 3 is 2.54 bits per heavy atom. The number of amides is 2. The van der Waals surface area contributed by atoms with Crippen LogP contribution in [0.2, 0.25) is 10.0 Å². The number of benzene rings is 2. The lowest BCUT2D eigenvalue weighted by Crippen LogP contribution is -2.32. The molecule has 1 aliphatic rings. The van der Waals surface area contributed by atoms with Crippen molar-refractivity contribution in [2.75, 3.05) is 13.2 Å². The standard InChI is InChI=1S/C25H20Cl2N2O5S/c1-14-11-16(15(2)29(14)17-7-8-19(26)18(13-17)24(31)32)12-22-23(30)28(25(33)35-22)9-10-34-21-6-4-3-5-20(21)27/h3-8,11-13H,9-10H2,1-2H3,(H,31,32)/b22-12-. The maximum Gasteiger partial charge on any atom is 0.337 e. The van der Waals surface area contributed by atoms with E-state index in [1.807, 2.05) is 24.5 Å². The maximum absolute atomic E-state index is 12.9. The predicted molar refractivity (Wildman–Crippen MR) is 137 cm³/mol. The van der Waals surface area contributed by atoms with Crippen LogP contribution in [-0.2, 0) is 4.79 Å². The van der Waals surface area contributed by atoms with Gasteiger partial charge in [-0.1, -0.05) is 35.3 Å². The van der Waals surface area contributed by atoms with Crippen LogP contribution in [0.5, 0.6) is 5.75 Å². The summed E-state index contributed by atoms with van der Waals surface area (Å²) in [5.74, 6) is -1.03. The second-order valence-electron chi connectivity index (χ2n) is 7.74. The van der Waals surface area contributed by atoms with Gasteiger partial charge in [-0.05, 0) is 73.6 Å². The molecule has 1 saturated heterocycles. The second kappa shape index (κ2) is 10.2. The monoisotopic (exact) mass is 530 g/mol. The number of ether oxygens (including phenoxy) is 1. The van der Waals surface area contributed by atoms with Crippen LogP contribution in [0.25, 0.3) is 11.8 Å². The molecule has 1 aromatic heterocycles. The number of halogens is 2. The Labute approximate surface area is 215 Å². The third kappa shape index (κ3) is 5.10. The third-order valence-electron chi connectivity index (χ3n) is 5.48. The lowest BCUT2D eigenvalue weighted by atomic mass is 10.2. The third-order valence-corrected chi connectivity index (χ3v) is 7.03. The summed E-state index contributed by atoms with van der Waals surface area (Å²) in [4.78, 5) is 38.3. The highest BCUT2D eigenvalue weighted by Gasteiger charge is 2.35. The number of imide groups is 1. The summed E-state index contributed by atoms with van der Waals surface area (Å²) in [5, 5.41) is 9.62. The van der Waals surface area contributed by atoms with Gasteiger partial charge in [-0.3, -0.25) is 14.5 Å². The van der Waals surface area contributed by atoms with E-state index in [4.69, 9.17) is 27.9 Å². The molecule has 2 heterocycles. The molecule has 0 radical (unpaired) electrons. The van der Waals surface area contributed by atoms with E-state index < -0.39 is 11.9 Å². The topological polar surface area (TPSA) is 88.8 Å². The first-order valence-corrected chi connectivity index (χ1v) is 12.1. The Kier molecular flexibility index (Phi) is 7.25. The first-order chi connectivity index (χ1) is 16.7. The van der Waals surface area contributed by atoms with Crippen molar-refractivity contribution in [2.24, 2.45) is 0 Å². The molecule has 1 fully saturated rings. The predicted octanol–water partition coefficient (Wildman–Crippen LogP) is 6.21. The van der Waals surface area contributed by atoms with E-state index in [1.54, 1.807) is 36.4 Å². The molecule has 0 saturated carbocycles. The maximum atomic E-state index is 12.9. The van der Waals surface area contributed by atoms with Crippen molar-refractivity contribution in [2.45, 2.75) is 13.8 Å². The summed E-state index contributed by atoms with van der Waals surface area (Å²) in [7, 11) is 0. The number of carboxylic acids is 1. The van der Waals surface area contributed by atoms with E-state index in [-0.39, 0.29) is 29.0 Å². The van der Waals surface area contributed by atoms with E-state index in [0.29, 0.717) is 21.4 Å². The van der Waals surface area contributed by atoms with Crippen LogP contribution in [0.15, 0.2) is 53.4 Å². The van der Waals surface area contributed by atoms with Gasteiger partial charge in [-0.25, -0.2) is 4.79 Å². The number of nitrogens with zero attached hydrogens (tertiary/aromatic N) is 2. The SMILES string of the molecule is Cc1cc(/C=C2\SC(=O)N(CCOc3ccccc3Cl)C2=O)c(C)n1-c1ccc(Cl)c(C(=O)O)c1. The van der Waals surface area contributed by atoms with Gasteiger partial charge in [-0.2, -0.15) is 0 Å². The lowest BCUT2D eigenvalue weighted by Gasteiger charge is -2.13. The Bertz CT molecular complexity index is 1380. The van der Waals surface area contributed by atoms with Gasteiger partial charge >= 0.3 is 5.97 Å². The van der Waals surface area contributed by atoms with Gasteiger partial charge in [0.25, 0.3) is 11.1 Å². The van der Waals surface area contributed by atoms with Crippen LogP contribution in [-0.4, -0.2) is 44.8 Å². The molecule has 0 bridgehead atoms. The average molecular weight is 531 g/mol. The normalized spacial score (nSPS) is 14.7. The van der Waals surface area contributed by atoms with Crippen molar-refractivity contribution >= 4 is 58.2 Å². The van der Waals surface area contributed by atoms with Crippen LogP contribution in [0.1, 0.15) is 27.3 Å². The van der Waals surface area contributed by atoms with E-state index >= 15 is 0 Å². The van der Waals surface area contributed by atoms with E-state index in [9.17, 15) is 19.5 Å². The quantitative estimate of drug-likeness (QED) is 0.365. The summed E-state index contributed by atoms with van der Waals surface area (Å²) in [6.45, 7) is 3.94. The first kappa shape index (κ1) is 24.9. The Balaban J connectivity index is 1.54. The number of aromatic nitrogens is 1. The minimum atomic E-state index is -1.12. The van der Waals surface area contributed by atoms with Crippen LogP contribution < -0.4 is 4.74 Å². The summed E-state index contributed by atoms with van der Waals surface area (Å²) >= 11 is 12.9. The molecule has 2 amide bonds. The van der Waals surface area contributed by atoms with Crippen LogP contribution in [0.3, 0.4) is 0 Å². The number of aryl methyl sites for hydroxylation is 1. The van der Waals surface area contributed by atoms with E-state index in [1.165, 1.54) is 12.1 Å². The van der Waals surface area contributed by atoms with E-state index in [0.717, 1.165) is 33.6 Å². The fourth-order valence-electron chi connectivity index (χ4n) is 3.79. The Morgan fingerprint density at radius 1 is 1.09 bits per heavy atom. The molecule has 0 spiro atoms. The van der Waals surface area contributed by atoms with Crippen molar-refractivity contribution in [3.63, 3.8) is 0 Å². The minimum Gasteiger partial charge on any atom is -0.490 e. The molecule has 4 rings (SSSR count). The largest absolute Gasteiger partial charge is 0.490 e. The number of hydrogen-bond donors (Lipinski definition) is 1. The van der Waals surface area contributed by atoms with Crippen LogP contribution in [0, 0.1) is 13.8 Å². The van der Waals surface area contributed by atoms with Crippen molar-refractivity contribution < 1.29 is 24.2 Å². The van der Waals surface area contributed by atoms with Gasteiger partial charge in [0, 0.05) is 17.1 Å². The molecule has 3 aromatic rings. The Morgan fingerprint density at radius 2 is 1.83 bits per heavy atom. The van der Waals surface area contributed by atoms with Gasteiger partial charge in [-0.15, -0.1) is 0 Å². The van der Waals surface area contributed by atoms with Gasteiger partial charge in [0.15, 0.2) is 0 Å². The molecular formula is C25H20Cl2N2O5S. The fourth-order valence-corrected chi connectivity index (χ4v) is 5.03. The minimum absolute atomic E-state index is 0.00153. The Hall–Kier alpha value is -3.20. The number of carbonyl (C=O) groups is 3. The first-order valence-electron chi connectivity index (χ1n) is 10.5. The highest BCUT2D eigenvalue weighted by Crippen LogP contribution is 2.34. The van der Waals surface area contributed by atoms with Crippen molar-refractivity contribution in [3.05, 3.63) is 86.0 Å². The van der Waals surface area contributed by atoms with Crippen LogP contribution >= 0.6 is 35.0 Å².